The molecule has 1 nitrogen and oxygen atoms in total. The number of carbonyl (C=O) groups excluding carboxylic acids is 1. The maximum atomic E-state index is 12.1. The number of thioether (sulfide) groups is 1. The average Bonchev–Trinajstić information content (AvgIpc) is 2.34. The lowest BCUT2D eigenvalue weighted by molar-refractivity contribution is 0.0924. The second kappa shape index (κ2) is 7.78. The molecule has 0 N–H and O–H groups in total. The summed E-state index contributed by atoms with van der Waals surface area (Å²) in [4.78, 5) is 12.1. The molecule has 3 heteroatoms. The average molecular weight is 271 g/mol. The number of rotatable bonds is 7. The van der Waals surface area contributed by atoms with Crippen molar-refractivity contribution in [3.8, 4) is 0 Å². The van der Waals surface area contributed by atoms with E-state index in [9.17, 15) is 4.79 Å². The quantitative estimate of drug-likeness (QED) is 0.528. The van der Waals surface area contributed by atoms with Gasteiger partial charge in [-0.15, -0.1) is 0 Å². The largest absolute Gasteiger partial charge is 0.294 e. The summed E-state index contributed by atoms with van der Waals surface area (Å²) >= 11 is 7.73. The van der Waals surface area contributed by atoms with Gasteiger partial charge in [0.2, 0.25) is 0 Å². The summed E-state index contributed by atoms with van der Waals surface area (Å²) < 4.78 is 0. The minimum atomic E-state index is 0.105. The van der Waals surface area contributed by atoms with E-state index in [-0.39, 0.29) is 11.7 Å². The molecule has 0 bridgehead atoms. The Labute approximate surface area is 113 Å². The van der Waals surface area contributed by atoms with Crippen molar-refractivity contribution < 1.29 is 4.79 Å². The monoisotopic (exact) mass is 270 g/mol. The number of benzene rings is 1. The van der Waals surface area contributed by atoms with E-state index in [0.717, 1.165) is 29.9 Å². The summed E-state index contributed by atoms with van der Waals surface area (Å²) in [7, 11) is 0. The van der Waals surface area contributed by atoms with Gasteiger partial charge in [-0.05, 0) is 48.6 Å². The topological polar surface area (TPSA) is 17.1 Å². The first-order valence-electron chi connectivity index (χ1n) is 6.02. The third kappa shape index (κ3) is 5.13. The number of halogens is 1. The third-order valence-electron chi connectivity index (χ3n) is 2.71. The highest BCUT2D eigenvalue weighted by molar-refractivity contribution is 7.99. The normalized spacial score (nSPS) is 12.4. The van der Waals surface area contributed by atoms with Gasteiger partial charge < -0.3 is 0 Å². The van der Waals surface area contributed by atoms with E-state index < -0.39 is 0 Å². The van der Waals surface area contributed by atoms with E-state index in [1.54, 1.807) is 12.1 Å². The fourth-order valence-electron chi connectivity index (χ4n) is 1.67. The van der Waals surface area contributed by atoms with Gasteiger partial charge in [0.15, 0.2) is 5.78 Å². The van der Waals surface area contributed by atoms with Crippen LogP contribution in [0, 0.1) is 5.92 Å². The zero-order valence-corrected chi connectivity index (χ0v) is 12.0. The van der Waals surface area contributed by atoms with Crippen LogP contribution in [0.5, 0.6) is 0 Å². The summed E-state index contributed by atoms with van der Waals surface area (Å²) in [5.41, 5.74) is 0.769. The smallest absolute Gasteiger partial charge is 0.165 e. The molecule has 0 saturated heterocycles. The van der Waals surface area contributed by atoms with Crippen molar-refractivity contribution >= 4 is 29.1 Å². The molecule has 1 rings (SSSR count). The van der Waals surface area contributed by atoms with Crippen LogP contribution in [-0.4, -0.2) is 17.3 Å². The molecule has 0 spiro atoms. The van der Waals surface area contributed by atoms with Crippen molar-refractivity contribution in [3.63, 3.8) is 0 Å². The Kier molecular flexibility index (Phi) is 6.68. The molecule has 1 atom stereocenters. The Bertz CT molecular complexity index is 348. The third-order valence-corrected chi connectivity index (χ3v) is 3.94. The molecule has 0 saturated carbocycles. The van der Waals surface area contributed by atoms with Gasteiger partial charge in [0.25, 0.3) is 0 Å². The summed E-state index contributed by atoms with van der Waals surface area (Å²) in [6, 6.07) is 7.16. The molecule has 0 radical (unpaired) electrons. The molecule has 0 aliphatic rings. The van der Waals surface area contributed by atoms with Crippen LogP contribution in [0.25, 0.3) is 0 Å². The zero-order chi connectivity index (χ0) is 12.7. The highest BCUT2D eigenvalue weighted by Crippen LogP contribution is 2.17. The van der Waals surface area contributed by atoms with E-state index in [0.29, 0.717) is 5.02 Å². The lowest BCUT2D eigenvalue weighted by atomic mass is 9.95. The van der Waals surface area contributed by atoms with Crippen molar-refractivity contribution in [2.24, 2.45) is 5.92 Å². The molecule has 1 aromatic carbocycles. The summed E-state index contributed by atoms with van der Waals surface area (Å²) in [6.45, 7) is 4.17. The lowest BCUT2D eigenvalue weighted by Crippen LogP contribution is -2.11. The van der Waals surface area contributed by atoms with Crippen molar-refractivity contribution in [1.82, 2.24) is 0 Å². The summed E-state index contributed by atoms with van der Waals surface area (Å²) in [5.74, 6) is 2.63. The van der Waals surface area contributed by atoms with Gasteiger partial charge in [-0.1, -0.05) is 25.4 Å². The molecule has 0 aromatic heterocycles. The Balaban J connectivity index is 2.43. The van der Waals surface area contributed by atoms with Gasteiger partial charge in [0.05, 0.1) is 0 Å². The second-order valence-electron chi connectivity index (χ2n) is 4.11. The fourth-order valence-corrected chi connectivity index (χ4v) is 2.45. The minimum absolute atomic E-state index is 0.105. The Hall–Kier alpha value is -0.470. The first-order chi connectivity index (χ1) is 8.15. The van der Waals surface area contributed by atoms with E-state index >= 15 is 0 Å². The van der Waals surface area contributed by atoms with Crippen molar-refractivity contribution in [2.45, 2.75) is 26.7 Å². The van der Waals surface area contributed by atoms with Gasteiger partial charge in [-0.3, -0.25) is 4.79 Å². The molecule has 0 aliphatic heterocycles. The van der Waals surface area contributed by atoms with Gasteiger partial charge in [-0.2, -0.15) is 11.8 Å². The van der Waals surface area contributed by atoms with Crippen LogP contribution in [0.2, 0.25) is 5.02 Å². The molecule has 0 fully saturated rings. The predicted molar refractivity (Wildman–Crippen MR) is 77.2 cm³/mol. The number of Topliss-reactive ketones (excluding diaryl/α,β-unsaturated/α-hetero) is 1. The molecule has 1 unspecified atom stereocenters. The molecule has 0 heterocycles. The molecular weight excluding hydrogens is 252 g/mol. The number of hydrogen-bond acceptors (Lipinski definition) is 2. The number of hydrogen-bond donors (Lipinski definition) is 0. The van der Waals surface area contributed by atoms with Gasteiger partial charge in [-0.25, -0.2) is 0 Å². The lowest BCUT2D eigenvalue weighted by Gasteiger charge is -2.10. The van der Waals surface area contributed by atoms with Crippen LogP contribution >= 0.6 is 23.4 Å². The minimum Gasteiger partial charge on any atom is -0.294 e. The zero-order valence-electron chi connectivity index (χ0n) is 10.4. The highest BCUT2D eigenvalue weighted by atomic mass is 35.5. The molecule has 94 valence electrons. The molecular formula is C14H19ClOS. The van der Waals surface area contributed by atoms with Crippen molar-refractivity contribution in [1.29, 1.82) is 0 Å². The van der Waals surface area contributed by atoms with Crippen molar-refractivity contribution in [2.75, 3.05) is 11.5 Å². The van der Waals surface area contributed by atoms with Gasteiger partial charge in [0.1, 0.15) is 0 Å². The number of ketones is 1. The van der Waals surface area contributed by atoms with Crippen LogP contribution in [-0.2, 0) is 0 Å². The van der Waals surface area contributed by atoms with Crippen LogP contribution in [0.1, 0.15) is 37.0 Å². The number of carbonyl (C=O) groups is 1. The van der Waals surface area contributed by atoms with E-state index in [1.165, 1.54) is 0 Å². The summed E-state index contributed by atoms with van der Waals surface area (Å²) in [6.07, 6.45) is 2.08. The predicted octanol–water partition coefficient (Wildman–Crippen LogP) is 4.69. The Morgan fingerprint density at radius 1 is 1.35 bits per heavy atom. The van der Waals surface area contributed by atoms with Crippen LogP contribution in [0.3, 0.4) is 0 Å². The van der Waals surface area contributed by atoms with Crippen LogP contribution in [0.4, 0.5) is 0 Å². The molecule has 0 aliphatic carbocycles. The van der Waals surface area contributed by atoms with E-state index in [1.807, 2.05) is 30.8 Å². The fraction of sp³-hybridized carbons (Fsp3) is 0.500. The Morgan fingerprint density at radius 3 is 2.59 bits per heavy atom. The van der Waals surface area contributed by atoms with E-state index in [4.69, 9.17) is 11.6 Å². The standard InChI is InChI=1S/C14H19ClOS/c1-3-17-10-4-5-11(2)14(16)12-6-8-13(15)9-7-12/h6-9,11H,3-5,10H2,1-2H3. The maximum Gasteiger partial charge on any atom is 0.165 e. The molecule has 17 heavy (non-hydrogen) atoms. The highest BCUT2D eigenvalue weighted by Gasteiger charge is 2.14. The SMILES string of the molecule is CCSCCCC(C)C(=O)c1ccc(Cl)cc1. The van der Waals surface area contributed by atoms with Gasteiger partial charge in [0, 0.05) is 16.5 Å². The first-order valence-corrected chi connectivity index (χ1v) is 7.56. The maximum absolute atomic E-state index is 12.1. The molecule has 1 aromatic rings. The van der Waals surface area contributed by atoms with E-state index in [2.05, 4.69) is 6.92 Å². The van der Waals surface area contributed by atoms with Crippen LogP contribution in [0.15, 0.2) is 24.3 Å². The van der Waals surface area contributed by atoms with Crippen LogP contribution < -0.4 is 0 Å². The Morgan fingerprint density at radius 2 is 2.00 bits per heavy atom. The molecule has 0 amide bonds. The first kappa shape index (κ1) is 14.6. The second-order valence-corrected chi connectivity index (χ2v) is 5.94. The van der Waals surface area contributed by atoms with Gasteiger partial charge >= 0.3 is 0 Å². The van der Waals surface area contributed by atoms with Crippen molar-refractivity contribution in [3.05, 3.63) is 34.9 Å². The summed E-state index contributed by atoms with van der Waals surface area (Å²) in [5, 5.41) is 0.675.